The summed E-state index contributed by atoms with van der Waals surface area (Å²) < 4.78 is 5.26. The Balaban J connectivity index is 1.23. The fourth-order valence-corrected chi connectivity index (χ4v) is 6.03. The normalized spacial score (nSPS) is 20.0. The van der Waals surface area contributed by atoms with Gasteiger partial charge in [0.1, 0.15) is 10.8 Å². The maximum absolute atomic E-state index is 5.26. The van der Waals surface area contributed by atoms with E-state index in [0.29, 0.717) is 0 Å². The van der Waals surface area contributed by atoms with Crippen LogP contribution in [0.5, 0.6) is 5.75 Å². The van der Waals surface area contributed by atoms with Gasteiger partial charge in [0.05, 0.1) is 19.3 Å². The summed E-state index contributed by atoms with van der Waals surface area (Å²) in [5.74, 6) is 1.72. The summed E-state index contributed by atoms with van der Waals surface area (Å²) in [5, 5.41) is 1.33. The van der Waals surface area contributed by atoms with E-state index < -0.39 is 0 Å². The number of piperidine rings is 1. The van der Waals surface area contributed by atoms with E-state index in [1.807, 2.05) is 11.3 Å². The van der Waals surface area contributed by atoms with Crippen LogP contribution in [-0.4, -0.2) is 55.1 Å². The number of thiazole rings is 1. The van der Waals surface area contributed by atoms with Gasteiger partial charge in [0, 0.05) is 24.5 Å². The van der Waals surface area contributed by atoms with Crippen LogP contribution in [-0.2, 0) is 25.8 Å². The number of fused-ring (bicyclic) bond motifs is 1. The lowest BCUT2D eigenvalue weighted by Gasteiger charge is -2.34. The SMILES string of the molecule is COc1ccc(CCN2CCC[C@H](CN(C)Cc3nc4c(s3)CCCC4)C2)cc1. The number of hydrogen-bond donors (Lipinski definition) is 0. The van der Waals surface area contributed by atoms with Gasteiger partial charge >= 0.3 is 0 Å². The van der Waals surface area contributed by atoms with Crippen LogP contribution in [0.25, 0.3) is 0 Å². The second-order valence-corrected chi connectivity index (χ2v) is 9.96. The van der Waals surface area contributed by atoms with Crippen LogP contribution in [0.4, 0.5) is 0 Å². The molecule has 1 aliphatic heterocycles. The molecule has 1 saturated heterocycles. The number of aromatic nitrogens is 1. The largest absolute Gasteiger partial charge is 0.497 e. The molecule has 5 heteroatoms. The summed E-state index contributed by atoms with van der Waals surface area (Å²) in [6.07, 6.45) is 8.92. The van der Waals surface area contributed by atoms with Crippen LogP contribution in [0.2, 0.25) is 0 Å². The van der Waals surface area contributed by atoms with Gasteiger partial charge in [-0.15, -0.1) is 11.3 Å². The minimum Gasteiger partial charge on any atom is -0.497 e. The predicted molar refractivity (Wildman–Crippen MR) is 121 cm³/mol. The van der Waals surface area contributed by atoms with Crippen molar-refractivity contribution >= 4 is 11.3 Å². The average molecular weight is 414 g/mol. The van der Waals surface area contributed by atoms with Gasteiger partial charge in [-0.2, -0.15) is 0 Å². The van der Waals surface area contributed by atoms with E-state index in [4.69, 9.17) is 9.72 Å². The van der Waals surface area contributed by atoms with E-state index in [1.54, 1.807) is 12.0 Å². The zero-order chi connectivity index (χ0) is 20.1. The van der Waals surface area contributed by atoms with Gasteiger partial charge in [0.25, 0.3) is 0 Å². The third-order valence-electron chi connectivity index (χ3n) is 6.34. The number of nitrogens with zero attached hydrogens (tertiary/aromatic N) is 3. The predicted octanol–water partition coefficient (Wildman–Crippen LogP) is 4.42. The molecule has 2 aromatic rings. The van der Waals surface area contributed by atoms with Crippen molar-refractivity contribution in [1.82, 2.24) is 14.8 Å². The summed E-state index contributed by atoms with van der Waals surface area (Å²) >= 11 is 1.96. The van der Waals surface area contributed by atoms with Gasteiger partial charge in [0.2, 0.25) is 0 Å². The second kappa shape index (κ2) is 10.1. The van der Waals surface area contributed by atoms with E-state index in [-0.39, 0.29) is 0 Å². The summed E-state index contributed by atoms with van der Waals surface area (Å²) in [6.45, 7) is 5.83. The van der Waals surface area contributed by atoms with Crippen LogP contribution in [0.15, 0.2) is 24.3 Å². The summed E-state index contributed by atoms with van der Waals surface area (Å²) in [4.78, 5) is 11.7. The molecule has 4 nitrogen and oxygen atoms in total. The van der Waals surface area contributed by atoms with Crippen molar-refractivity contribution in [1.29, 1.82) is 0 Å². The lowest BCUT2D eigenvalue weighted by molar-refractivity contribution is 0.142. The first-order valence-electron chi connectivity index (χ1n) is 11.2. The zero-order valence-corrected chi connectivity index (χ0v) is 18.8. The molecule has 158 valence electrons. The van der Waals surface area contributed by atoms with Gasteiger partial charge in [-0.1, -0.05) is 12.1 Å². The first kappa shape index (κ1) is 20.8. The second-order valence-electron chi connectivity index (χ2n) is 8.79. The molecule has 2 aliphatic rings. The van der Waals surface area contributed by atoms with Crippen molar-refractivity contribution in [2.75, 3.05) is 40.3 Å². The number of ether oxygens (including phenoxy) is 1. The minimum absolute atomic E-state index is 0.777. The molecule has 1 aromatic carbocycles. The van der Waals surface area contributed by atoms with Crippen molar-refractivity contribution in [2.45, 2.75) is 51.5 Å². The highest BCUT2D eigenvalue weighted by atomic mass is 32.1. The molecule has 0 spiro atoms. The molecule has 2 heterocycles. The van der Waals surface area contributed by atoms with E-state index in [2.05, 4.69) is 41.1 Å². The first-order chi connectivity index (χ1) is 14.2. The molecule has 1 aliphatic carbocycles. The highest BCUT2D eigenvalue weighted by Crippen LogP contribution is 2.27. The molecule has 1 fully saturated rings. The number of likely N-dealkylation sites (tertiary alicyclic amines) is 1. The van der Waals surface area contributed by atoms with E-state index in [0.717, 1.165) is 31.2 Å². The summed E-state index contributed by atoms with van der Waals surface area (Å²) in [5.41, 5.74) is 2.80. The number of rotatable bonds is 8. The summed E-state index contributed by atoms with van der Waals surface area (Å²) in [7, 11) is 4.00. The van der Waals surface area contributed by atoms with Crippen LogP contribution < -0.4 is 4.74 Å². The maximum Gasteiger partial charge on any atom is 0.118 e. The molecule has 0 N–H and O–H groups in total. The van der Waals surface area contributed by atoms with Crippen molar-refractivity contribution < 1.29 is 4.74 Å². The van der Waals surface area contributed by atoms with Gasteiger partial charge in [-0.05, 0) is 82.2 Å². The smallest absolute Gasteiger partial charge is 0.118 e. The molecule has 0 unspecified atom stereocenters. The van der Waals surface area contributed by atoms with Crippen LogP contribution in [0.3, 0.4) is 0 Å². The highest BCUT2D eigenvalue weighted by molar-refractivity contribution is 7.11. The van der Waals surface area contributed by atoms with Crippen molar-refractivity contribution in [3.05, 3.63) is 45.4 Å². The molecule has 0 radical (unpaired) electrons. The average Bonchev–Trinajstić information content (AvgIpc) is 3.15. The Morgan fingerprint density at radius 1 is 1.17 bits per heavy atom. The van der Waals surface area contributed by atoms with Crippen LogP contribution >= 0.6 is 11.3 Å². The highest BCUT2D eigenvalue weighted by Gasteiger charge is 2.22. The molecule has 1 aromatic heterocycles. The van der Waals surface area contributed by atoms with Crippen LogP contribution in [0, 0.1) is 5.92 Å². The van der Waals surface area contributed by atoms with Gasteiger partial charge in [0.15, 0.2) is 0 Å². The third kappa shape index (κ3) is 5.80. The third-order valence-corrected chi connectivity index (χ3v) is 7.49. The number of aryl methyl sites for hydroxylation is 2. The van der Waals surface area contributed by atoms with Gasteiger partial charge in [-0.3, -0.25) is 4.90 Å². The Bertz CT molecular complexity index is 749. The quantitative estimate of drug-likeness (QED) is 0.641. The lowest BCUT2D eigenvalue weighted by Crippen LogP contribution is -2.40. The molecular weight excluding hydrogens is 378 g/mol. The molecule has 29 heavy (non-hydrogen) atoms. The lowest BCUT2D eigenvalue weighted by atomic mass is 9.97. The molecular formula is C24H35N3OS. The number of methoxy groups -OCH3 is 1. The van der Waals surface area contributed by atoms with Gasteiger partial charge in [-0.25, -0.2) is 4.98 Å². The first-order valence-corrected chi connectivity index (χ1v) is 12.0. The Labute approximate surface area is 179 Å². The number of hydrogen-bond acceptors (Lipinski definition) is 5. The number of benzene rings is 1. The topological polar surface area (TPSA) is 28.6 Å². The van der Waals surface area contributed by atoms with Crippen LogP contribution in [0.1, 0.15) is 46.8 Å². The Kier molecular flexibility index (Phi) is 7.22. The monoisotopic (exact) mass is 413 g/mol. The molecule has 0 saturated carbocycles. The van der Waals surface area contributed by atoms with Gasteiger partial charge < -0.3 is 9.64 Å². The van der Waals surface area contributed by atoms with Crippen molar-refractivity contribution in [2.24, 2.45) is 5.92 Å². The summed E-state index contributed by atoms with van der Waals surface area (Å²) in [6, 6.07) is 8.53. The fraction of sp³-hybridized carbons (Fsp3) is 0.625. The Morgan fingerprint density at radius 2 is 2.00 bits per heavy atom. The van der Waals surface area contributed by atoms with Crippen molar-refractivity contribution in [3.63, 3.8) is 0 Å². The molecule has 0 amide bonds. The molecule has 1 atom stereocenters. The zero-order valence-electron chi connectivity index (χ0n) is 18.0. The Hall–Kier alpha value is -1.43. The fourth-order valence-electron chi connectivity index (χ4n) is 4.79. The standard InChI is InChI=1S/C24H35N3OS/c1-26(18-24-25-22-7-3-4-8-23(22)29-24)16-20-6-5-14-27(17-20)15-13-19-9-11-21(28-2)12-10-19/h9-12,20H,3-8,13-18H2,1-2H3/t20-/m1/s1. The minimum atomic E-state index is 0.777. The van der Waals surface area contributed by atoms with E-state index >= 15 is 0 Å². The van der Waals surface area contributed by atoms with E-state index in [1.165, 1.54) is 74.4 Å². The Morgan fingerprint density at radius 3 is 2.79 bits per heavy atom. The van der Waals surface area contributed by atoms with Crippen molar-refractivity contribution in [3.8, 4) is 5.75 Å². The maximum atomic E-state index is 5.26. The van der Waals surface area contributed by atoms with E-state index in [9.17, 15) is 0 Å². The molecule has 0 bridgehead atoms. The molecule has 4 rings (SSSR count).